The largest absolute Gasteiger partial charge is 0.314 e. The van der Waals surface area contributed by atoms with Crippen LogP contribution >= 0.6 is 11.3 Å². The lowest BCUT2D eigenvalue weighted by Crippen LogP contribution is -2.47. The van der Waals surface area contributed by atoms with E-state index in [1.807, 2.05) is 11.3 Å². The number of thiophene rings is 1. The van der Waals surface area contributed by atoms with Crippen LogP contribution in [0.3, 0.4) is 0 Å². The molecule has 0 radical (unpaired) electrons. The molecule has 2 nitrogen and oxygen atoms in total. The predicted molar refractivity (Wildman–Crippen MR) is 73.6 cm³/mol. The maximum absolute atomic E-state index is 3.46. The van der Waals surface area contributed by atoms with E-state index in [0.29, 0.717) is 6.04 Å². The van der Waals surface area contributed by atoms with Crippen molar-refractivity contribution in [2.75, 3.05) is 26.2 Å². The van der Waals surface area contributed by atoms with Crippen LogP contribution in [-0.2, 0) is 0 Å². The second-order valence-electron chi connectivity index (χ2n) is 5.37. The molecule has 1 aliphatic carbocycles. The summed E-state index contributed by atoms with van der Waals surface area (Å²) in [6.45, 7) is 6.99. The monoisotopic (exact) mass is 250 g/mol. The molecular weight excluding hydrogens is 228 g/mol. The number of piperazine rings is 1. The Morgan fingerprint density at radius 3 is 2.59 bits per heavy atom. The SMILES string of the molecule is Cc1ccc([C@@H](C2CCC2)N2CCNCC2)s1. The van der Waals surface area contributed by atoms with Gasteiger partial charge in [-0.1, -0.05) is 6.42 Å². The van der Waals surface area contributed by atoms with Gasteiger partial charge in [0.15, 0.2) is 0 Å². The Hall–Kier alpha value is -0.380. The van der Waals surface area contributed by atoms with Gasteiger partial charge >= 0.3 is 0 Å². The lowest BCUT2D eigenvalue weighted by molar-refractivity contribution is 0.0861. The summed E-state index contributed by atoms with van der Waals surface area (Å²) in [4.78, 5) is 5.78. The normalized spacial score (nSPS) is 24.5. The topological polar surface area (TPSA) is 15.3 Å². The molecule has 3 heteroatoms. The van der Waals surface area contributed by atoms with E-state index in [1.54, 1.807) is 4.88 Å². The highest BCUT2D eigenvalue weighted by Gasteiger charge is 2.34. The Kier molecular flexibility index (Phi) is 3.50. The molecule has 1 saturated heterocycles. The van der Waals surface area contributed by atoms with E-state index in [4.69, 9.17) is 0 Å². The average Bonchev–Trinajstić information content (AvgIpc) is 2.71. The molecule has 1 saturated carbocycles. The molecule has 94 valence electrons. The first-order valence-corrected chi connectivity index (χ1v) is 7.67. The van der Waals surface area contributed by atoms with Crippen LogP contribution in [0.5, 0.6) is 0 Å². The third-order valence-corrected chi connectivity index (χ3v) is 5.27. The van der Waals surface area contributed by atoms with Crippen molar-refractivity contribution in [3.05, 3.63) is 21.9 Å². The first-order chi connectivity index (χ1) is 8.34. The highest BCUT2D eigenvalue weighted by molar-refractivity contribution is 7.12. The number of nitrogens with zero attached hydrogens (tertiary/aromatic N) is 1. The fourth-order valence-electron chi connectivity index (χ4n) is 3.04. The molecule has 2 heterocycles. The summed E-state index contributed by atoms with van der Waals surface area (Å²) >= 11 is 2.01. The fraction of sp³-hybridized carbons (Fsp3) is 0.714. The van der Waals surface area contributed by atoms with Gasteiger partial charge in [0.05, 0.1) is 0 Å². The summed E-state index contributed by atoms with van der Waals surface area (Å²) in [6.07, 6.45) is 4.31. The van der Waals surface area contributed by atoms with E-state index in [0.717, 1.165) is 19.0 Å². The summed E-state index contributed by atoms with van der Waals surface area (Å²) in [5.41, 5.74) is 0. The van der Waals surface area contributed by atoms with E-state index in [2.05, 4.69) is 29.3 Å². The predicted octanol–water partition coefficient (Wildman–Crippen LogP) is 2.80. The highest BCUT2D eigenvalue weighted by atomic mass is 32.1. The average molecular weight is 250 g/mol. The van der Waals surface area contributed by atoms with Crippen LogP contribution in [0.1, 0.15) is 35.1 Å². The third kappa shape index (κ3) is 2.42. The van der Waals surface area contributed by atoms with Gasteiger partial charge in [0.25, 0.3) is 0 Å². The van der Waals surface area contributed by atoms with Crippen LogP contribution in [0.2, 0.25) is 0 Å². The Morgan fingerprint density at radius 1 is 1.29 bits per heavy atom. The second-order valence-corrected chi connectivity index (χ2v) is 6.69. The Balaban J connectivity index is 1.80. The maximum Gasteiger partial charge on any atom is 0.0470 e. The van der Waals surface area contributed by atoms with E-state index < -0.39 is 0 Å². The van der Waals surface area contributed by atoms with Gasteiger partial charge in [-0.2, -0.15) is 0 Å². The fourth-order valence-corrected chi connectivity index (χ4v) is 4.14. The van der Waals surface area contributed by atoms with Crippen molar-refractivity contribution < 1.29 is 0 Å². The van der Waals surface area contributed by atoms with E-state index in [-0.39, 0.29) is 0 Å². The zero-order chi connectivity index (χ0) is 11.7. The smallest absolute Gasteiger partial charge is 0.0470 e. The van der Waals surface area contributed by atoms with Crippen LogP contribution in [0.4, 0.5) is 0 Å². The molecule has 2 aliphatic rings. The molecule has 1 aromatic rings. The Morgan fingerprint density at radius 2 is 2.06 bits per heavy atom. The minimum absolute atomic E-state index is 0.713. The van der Waals surface area contributed by atoms with Crippen molar-refractivity contribution in [1.82, 2.24) is 10.2 Å². The van der Waals surface area contributed by atoms with Crippen molar-refractivity contribution in [1.29, 1.82) is 0 Å². The number of nitrogens with one attached hydrogen (secondary N) is 1. The van der Waals surface area contributed by atoms with Crippen molar-refractivity contribution in [2.45, 2.75) is 32.2 Å². The quantitative estimate of drug-likeness (QED) is 0.887. The molecule has 1 aromatic heterocycles. The van der Waals surface area contributed by atoms with Crippen molar-refractivity contribution >= 4 is 11.3 Å². The molecular formula is C14H22N2S. The van der Waals surface area contributed by atoms with Crippen LogP contribution in [0.25, 0.3) is 0 Å². The second kappa shape index (κ2) is 5.09. The molecule has 3 rings (SSSR count). The van der Waals surface area contributed by atoms with Gasteiger partial charge in [0.2, 0.25) is 0 Å². The van der Waals surface area contributed by atoms with Crippen LogP contribution in [0, 0.1) is 12.8 Å². The summed E-state index contributed by atoms with van der Waals surface area (Å²) in [5.74, 6) is 0.922. The minimum atomic E-state index is 0.713. The lowest BCUT2D eigenvalue weighted by Gasteiger charge is -2.42. The Bertz CT molecular complexity index is 364. The van der Waals surface area contributed by atoms with E-state index >= 15 is 0 Å². The summed E-state index contributed by atoms with van der Waals surface area (Å²) < 4.78 is 0. The molecule has 2 fully saturated rings. The van der Waals surface area contributed by atoms with E-state index in [1.165, 1.54) is 37.2 Å². The number of rotatable bonds is 3. The number of hydrogen-bond acceptors (Lipinski definition) is 3. The molecule has 1 atom stereocenters. The van der Waals surface area contributed by atoms with Gasteiger partial charge in [0.1, 0.15) is 0 Å². The molecule has 0 aromatic carbocycles. The highest BCUT2D eigenvalue weighted by Crippen LogP contribution is 2.43. The number of hydrogen-bond donors (Lipinski definition) is 1. The van der Waals surface area contributed by atoms with Gasteiger partial charge in [-0.15, -0.1) is 11.3 Å². The molecule has 1 N–H and O–H groups in total. The zero-order valence-electron chi connectivity index (χ0n) is 10.6. The van der Waals surface area contributed by atoms with Crippen LogP contribution < -0.4 is 5.32 Å². The van der Waals surface area contributed by atoms with Crippen molar-refractivity contribution in [2.24, 2.45) is 5.92 Å². The first kappa shape index (κ1) is 11.7. The number of aryl methyl sites for hydroxylation is 1. The van der Waals surface area contributed by atoms with Crippen LogP contribution in [0.15, 0.2) is 12.1 Å². The van der Waals surface area contributed by atoms with Gasteiger partial charge in [-0.05, 0) is 37.8 Å². The first-order valence-electron chi connectivity index (χ1n) is 6.86. The zero-order valence-corrected chi connectivity index (χ0v) is 11.4. The summed E-state index contributed by atoms with van der Waals surface area (Å²) in [7, 11) is 0. The molecule has 0 unspecified atom stereocenters. The van der Waals surface area contributed by atoms with Gasteiger partial charge in [-0.3, -0.25) is 4.90 Å². The standard InChI is InChI=1S/C14H22N2S/c1-11-5-6-13(17-11)14(12-3-2-4-12)16-9-7-15-8-10-16/h5-6,12,14-15H,2-4,7-10H2,1H3/t14-/m1/s1. The lowest BCUT2D eigenvalue weighted by atomic mass is 9.78. The summed E-state index contributed by atoms with van der Waals surface area (Å²) in [6, 6.07) is 5.36. The minimum Gasteiger partial charge on any atom is -0.314 e. The van der Waals surface area contributed by atoms with Crippen molar-refractivity contribution in [3.63, 3.8) is 0 Å². The van der Waals surface area contributed by atoms with Gasteiger partial charge < -0.3 is 5.32 Å². The molecule has 17 heavy (non-hydrogen) atoms. The van der Waals surface area contributed by atoms with Gasteiger partial charge in [-0.25, -0.2) is 0 Å². The molecule has 0 amide bonds. The third-order valence-electron chi connectivity index (χ3n) is 4.19. The van der Waals surface area contributed by atoms with Crippen LogP contribution in [-0.4, -0.2) is 31.1 Å². The molecule has 0 bridgehead atoms. The van der Waals surface area contributed by atoms with E-state index in [9.17, 15) is 0 Å². The van der Waals surface area contributed by atoms with Gasteiger partial charge in [0, 0.05) is 42.0 Å². The van der Waals surface area contributed by atoms with Crippen molar-refractivity contribution in [3.8, 4) is 0 Å². The molecule has 1 aliphatic heterocycles. The Labute approximate surface area is 108 Å². The molecule has 0 spiro atoms. The summed E-state index contributed by atoms with van der Waals surface area (Å²) in [5, 5.41) is 3.46. The maximum atomic E-state index is 3.46.